The Kier molecular flexibility index (Phi) is 9.01. The summed E-state index contributed by atoms with van der Waals surface area (Å²) in [7, 11) is 0. The van der Waals surface area contributed by atoms with Crippen molar-refractivity contribution < 1.29 is 4.79 Å². The minimum atomic E-state index is -0.184. The third-order valence-corrected chi connectivity index (χ3v) is 6.99. The van der Waals surface area contributed by atoms with Crippen molar-refractivity contribution in [3.63, 3.8) is 0 Å². The van der Waals surface area contributed by atoms with Crippen LogP contribution in [0, 0.1) is 0 Å². The molecule has 11 heteroatoms. The second-order valence-corrected chi connectivity index (χ2v) is 10.3. The van der Waals surface area contributed by atoms with E-state index in [0.29, 0.717) is 48.8 Å². The monoisotopic (exact) mass is 620 g/mol. The summed E-state index contributed by atoms with van der Waals surface area (Å²) < 4.78 is 0. The molecule has 0 unspecified atom stereocenters. The Balaban J connectivity index is 1.35. The van der Waals surface area contributed by atoms with Gasteiger partial charge in [-0.15, -0.1) is 0 Å². The fourth-order valence-electron chi connectivity index (χ4n) is 3.63. The number of aromatic nitrogens is 3. The number of rotatable bonds is 9. The van der Waals surface area contributed by atoms with Crippen molar-refractivity contribution in [3.05, 3.63) is 128 Å². The molecule has 5 rings (SSSR count). The molecule has 0 atom stereocenters. The minimum absolute atomic E-state index is 0.184. The number of carbonyl (C=O) groups is 1. The van der Waals surface area contributed by atoms with E-state index < -0.39 is 0 Å². The number of carbonyl (C=O) groups excluding carboxylic acids is 1. The largest absolute Gasteiger partial charge is 0.324 e. The van der Waals surface area contributed by atoms with Crippen LogP contribution in [0.4, 0.5) is 34.9 Å². The quantitative estimate of drug-likeness (QED) is 0.111. The lowest BCUT2D eigenvalue weighted by atomic mass is 10.1. The first-order chi connectivity index (χ1) is 19.8. The van der Waals surface area contributed by atoms with Crippen LogP contribution in [0.5, 0.6) is 0 Å². The molecule has 3 N–H and O–H groups in total. The third kappa shape index (κ3) is 7.74. The molecule has 1 aromatic heterocycles. The maximum Gasteiger partial charge on any atom is 0.233 e. The summed E-state index contributed by atoms with van der Waals surface area (Å²) in [5, 5.41) is 11.5. The van der Waals surface area contributed by atoms with Crippen molar-refractivity contribution in [3.8, 4) is 0 Å². The molecule has 0 spiro atoms. The van der Waals surface area contributed by atoms with Crippen LogP contribution in [0.3, 0.4) is 0 Å². The van der Waals surface area contributed by atoms with Gasteiger partial charge in [0, 0.05) is 32.7 Å². The Bertz CT molecular complexity index is 1640. The summed E-state index contributed by atoms with van der Waals surface area (Å²) in [4.78, 5) is 26.2. The molecule has 4 aromatic carbocycles. The van der Waals surface area contributed by atoms with E-state index in [4.69, 9.17) is 46.4 Å². The molecule has 41 heavy (non-hydrogen) atoms. The number of allylic oxidation sites excluding steroid dienone is 1. The Morgan fingerprint density at radius 1 is 0.585 bits per heavy atom. The van der Waals surface area contributed by atoms with Gasteiger partial charge in [-0.05, 0) is 96.6 Å². The zero-order valence-electron chi connectivity index (χ0n) is 21.1. The van der Waals surface area contributed by atoms with E-state index in [1.807, 2.05) is 24.3 Å². The molecule has 7 nitrogen and oxygen atoms in total. The predicted octanol–water partition coefficient (Wildman–Crippen LogP) is 9.61. The van der Waals surface area contributed by atoms with E-state index in [9.17, 15) is 4.79 Å². The van der Waals surface area contributed by atoms with Gasteiger partial charge in [0.15, 0.2) is 5.78 Å². The number of ketones is 1. The molecule has 0 aliphatic carbocycles. The number of hydrogen-bond acceptors (Lipinski definition) is 7. The van der Waals surface area contributed by atoms with Crippen LogP contribution < -0.4 is 16.0 Å². The van der Waals surface area contributed by atoms with Crippen LogP contribution in [0.2, 0.25) is 20.1 Å². The summed E-state index contributed by atoms with van der Waals surface area (Å²) >= 11 is 24.3. The molecule has 5 aromatic rings. The van der Waals surface area contributed by atoms with Crippen molar-refractivity contribution in [1.82, 2.24) is 15.0 Å². The Labute approximate surface area is 256 Å². The maximum absolute atomic E-state index is 12.7. The fourth-order valence-corrected chi connectivity index (χ4v) is 4.25. The van der Waals surface area contributed by atoms with E-state index in [2.05, 4.69) is 30.9 Å². The lowest BCUT2D eigenvalue weighted by Gasteiger charge is -2.12. The topological polar surface area (TPSA) is 91.8 Å². The van der Waals surface area contributed by atoms with Crippen molar-refractivity contribution in [2.75, 3.05) is 16.0 Å². The number of hydrogen-bond donors (Lipinski definition) is 3. The van der Waals surface area contributed by atoms with E-state index in [0.717, 1.165) is 11.4 Å². The molecular formula is C30H20Cl4N6O. The fraction of sp³-hybridized carbons (Fsp3) is 0. The number of halogens is 4. The number of nitrogens with one attached hydrogen (secondary N) is 3. The highest BCUT2D eigenvalue weighted by Gasteiger charge is 2.10. The summed E-state index contributed by atoms with van der Waals surface area (Å²) in [5.74, 6) is 0.704. The first-order valence-electron chi connectivity index (χ1n) is 12.2. The molecule has 0 saturated carbocycles. The van der Waals surface area contributed by atoms with E-state index >= 15 is 0 Å². The van der Waals surface area contributed by atoms with Crippen LogP contribution in [0.25, 0.3) is 6.08 Å². The summed E-state index contributed by atoms with van der Waals surface area (Å²) in [5.41, 5.74) is 3.32. The Hall–Kier alpha value is -4.14. The average molecular weight is 622 g/mol. The molecule has 204 valence electrons. The van der Waals surface area contributed by atoms with Crippen LogP contribution in [0.15, 0.2) is 97.1 Å². The van der Waals surface area contributed by atoms with Crippen LogP contribution in [-0.2, 0) is 0 Å². The molecule has 0 fully saturated rings. The van der Waals surface area contributed by atoms with Crippen LogP contribution in [0.1, 0.15) is 15.9 Å². The van der Waals surface area contributed by atoms with Crippen molar-refractivity contribution in [1.29, 1.82) is 0 Å². The van der Waals surface area contributed by atoms with Gasteiger partial charge in [0.2, 0.25) is 17.8 Å². The molecule has 0 aliphatic heterocycles. The van der Waals surface area contributed by atoms with Crippen molar-refractivity contribution in [2.45, 2.75) is 0 Å². The standard InChI is InChI=1S/C30H20Cl4N6O/c31-20-7-13-23(14-8-20)36-29-38-28(39-30(40-29)37-24-15-9-21(32)10-16-24)35-22-11-4-18(5-12-22)26(41)17-6-19-2-1-3-25(33)27(19)34/h1-17H,(H3,35,36,37,38,39,40)/b17-6+. The second kappa shape index (κ2) is 13.0. The Morgan fingerprint density at radius 3 is 1.49 bits per heavy atom. The third-order valence-electron chi connectivity index (χ3n) is 5.66. The highest BCUT2D eigenvalue weighted by molar-refractivity contribution is 6.43. The van der Waals surface area contributed by atoms with Gasteiger partial charge in [0.05, 0.1) is 10.0 Å². The number of anilines is 6. The first kappa shape index (κ1) is 28.4. The molecule has 0 saturated heterocycles. The second-order valence-electron chi connectivity index (χ2n) is 8.61. The van der Waals surface area contributed by atoms with Crippen molar-refractivity contribution >= 4 is 93.2 Å². The SMILES string of the molecule is O=C(/C=C/c1cccc(Cl)c1Cl)c1ccc(Nc2nc(Nc3ccc(Cl)cc3)nc(Nc3ccc(Cl)cc3)n2)cc1. The zero-order chi connectivity index (χ0) is 28.8. The highest BCUT2D eigenvalue weighted by atomic mass is 35.5. The predicted molar refractivity (Wildman–Crippen MR) is 169 cm³/mol. The molecular weight excluding hydrogens is 602 g/mol. The summed E-state index contributed by atoms with van der Waals surface area (Å²) in [6.07, 6.45) is 3.09. The van der Waals surface area contributed by atoms with Gasteiger partial charge in [0.25, 0.3) is 0 Å². The molecule has 1 heterocycles. The van der Waals surface area contributed by atoms with Gasteiger partial charge >= 0.3 is 0 Å². The average Bonchev–Trinajstić information content (AvgIpc) is 2.96. The molecule has 0 radical (unpaired) electrons. The molecule has 0 bridgehead atoms. The number of nitrogens with zero attached hydrogens (tertiary/aromatic N) is 3. The minimum Gasteiger partial charge on any atom is -0.324 e. The zero-order valence-corrected chi connectivity index (χ0v) is 24.1. The summed E-state index contributed by atoms with van der Waals surface area (Å²) in [6.45, 7) is 0. The number of benzene rings is 4. The smallest absolute Gasteiger partial charge is 0.233 e. The van der Waals surface area contributed by atoms with E-state index in [1.165, 1.54) is 6.08 Å². The first-order valence-corrected chi connectivity index (χ1v) is 13.7. The van der Waals surface area contributed by atoms with Gasteiger partial charge in [-0.1, -0.05) is 58.5 Å². The highest BCUT2D eigenvalue weighted by Crippen LogP contribution is 2.27. The van der Waals surface area contributed by atoms with Crippen LogP contribution >= 0.6 is 46.4 Å². The van der Waals surface area contributed by atoms with Crippen molar-refractivity contribution in [2.24, 2.45) is 0 Å². The van der Waals surface area contributed by atoms with E-state index in [-0.39, 0.29) is 11.7 Å². The van der Waals surface area contributed by atoms with Gasteiger partial charge in [0.1, 0.15) is 0 Å². The lowest BCUT2D eigenvalue weighted by Crippen LogP contribution is -2.07. The van der Waals surface area contributed by atoms with Gasteiger partial charge in [-0.3, -0.25) is 4.79 Å². The molecule has 0 aliphatic rings. The lowest BCUT2D eigenvalue weighted by molar-refractivity contribution is 0.104. The Morgan fingerprint density at radius 2 is 1.02 bits per heavy atom. The molecule has 0 amide bonds. The van der Waals surface area contributed by atoms with Crippen LogP contribution in [-0.4, -0.2) is 20.7 Å². The normalized spacial score (nSPS) is 10.9. The van der Waals surface area contributed by atoms with E-state index in [1.54, 1.807) is 72.8 Å². The van der Waals surface area contributed by atoms with Gasteiger partial charge in [-0.25, -0.2) is 0 Å². The summed E-state index contributed by atoms with van der Waals surface area (Å²) in [6, 6.07) is 26.5. The maximum atomic E-state index is 12.7. The van der Waals surface area contributed by atoms with Gasteiger partial charge in [-0.2, -0.15) is 15.0 Å². The van der Waals surface area contributed by atoms with Gasteiger partial charge < -0.3 is 16.0 Å².